The first-order valence-electron chi connectivity index (χ1n) is 6.43. The van der Waals surface area contributed by atoms with Gasteiger partial charge in [0.2, 0.25) is 0 Å². The lowest BCUT2D eigenvalue weighted by atomic mass is 9.85. The van der Waals surface area contributed by atoms with E-state index in [-0.39, 0.29) is 5.91 Å². The van der Waals surface area contributed by atoms with E-state index < -0.39 is 0 Å². The van der Waals surface area contributed by atoms with Crippen LogP contribution in [0.15, 0.2) is 18.2 Å². The average Bonchev–Trinajstić information content (AvgIpc) is 2.26. The summed E-state index contributed by atoms with van der Waals surface area (Å²) in [4.78, 5) is 14.1. The van der Waals surface area contributed by atoms with Crippen LogP contribution in [0.3, 0.4) is 0 Å². The highest BCUT2D eigenvalue weighted by Crippen LogP contribution is 2.26. The molecule has 0 unspecified atom stereocenters. The van der Waals surface area contributed by atoms with E-state index in [9.17, 15) is 4.79 Å². The van der Waals surface area contributed by atoms with Crippen molar-refractivity contribution in [2.24, 2.45) is 5.92 Å². The van der Waals surface area contributed by atoms with Crippen LogP contribution in [0.2, 0.25) is 0 Å². The number of hydrogen-bond acceptors (Lipinski definition) is 3. The molecule has 98 valence electrons. The fourth-order valence-corrected chi connectivity index (χ4v) is 2.15. The van der Waals surface area contributed by atoms with Crippen LogP contribution in [0.4, 0.5) is 11.4 Å². The van der Waals surface area contributed by atoms with E-state index in [0.29, 0.717) is 17.2 Å². The smallest absolute Gasteiger partial charge is 0.253 e. The Morgan fingerprint density at radius 1 is 1.44 bits per heavy atom. The van der Waals surface area contributed by atoms with Crippen molar-refractivity contribution < 1.29 is 4.79 Å². The van der Waals surface area contributed by atoms with Gasteiger partial charge in [-0.2, -0.15) is 0 Å². The molecule has 0 aromatic heterocycles. The van der Waals surface area contributed by atoms with Gasteiger partial charge in [-0.1, -0.05) is 6.42 Å². The van der Waals surface area contributed by atoms with E-state index in [1.807, 2.05) is 31.1 Å². The number of carbonyl (C=O) groups excluding carboxylic acids is 1. The molecule has 0 aliphatic heterocycles. The summed E-state index contributed by atoms with van der Waals surface area (Å²) >= 11 is 0. The standard InChI is InChI=1S/C14H21N3O/c1-17(2)13-7-6-11(15)8-12(13)14(18)16-9-10-4-3-5-10/h6-8,10H,3-5,9,15H2,1-2H3,(H,16,18). The third-order valence-electron chi connectivity index (χ3n) is 3.52. The summed E-state index contributed by atoms with van der Waals surface area (Å²) in [6.07, 6.45) is 3.76. The fraction of sp³-hybridized carbons (Fsp3) is 0.500. The van der Waals surface area contributed by atoms with E-state index in [2.05, 4.69) is 5.32 Å². The van der Waals surface area contributed by atoms with Crippen molar-refractivity contribution in [3.8, 4) is 0 Å². The quantitative estimate of drug-likeness (QED) is 0.798. The zero-order chi connectivity index (χ0) is 13.1. The molecular formula is C14H21N3O. The highest BCUT2D eigenvalue weighted by atomic mass is 16.1. The molecule has 0 heterocycles. The summed E-state index contributed by atoms with van der Waals surface area (Å²) in [6.45, 7) is 0.778. The van der Waals surface area contributed by atoms with Crippen LogP contribution in [0.1, 0.15) is 29.6 Å². The molecule has 1 aliphatic rings. The van der Waals surface area contributed by atoms with Crippen LogP contribution in [0.5, 0.6) is 0 Å². The third kappa shape index (κ3) is 2.75. The summed E-state index contributed by atoms with van der Waals surface area (Å²) in [6, 6.07) is 5.44. The lowest BCUT2D eigenvalue weighted by Gasteiger charge is -2.26. The Morgan fingerprint density at radius 2 is 2.17 bits per heavy atom. The summed E-state index contributed by atoms with van der Waals surface area (Å²) < 4.78 is 0. The van der Waals surface area contributed by atoms with Gasteiger partial charge in [0, 0.05) is 32.0 Å². The molecule has 1 amide bonds. The maximum Gasteiger partial charge on any atom is 0.253 e. The topological polar surface area (TPSA) is 58.4 Å². The van der Waals surface area contributed by atoms with E-state index in [1.165, 1.54) is 19.3 Å². The molecule has 1 aromatic rings. The van der Waals surface area contributed by atoms with Gasteiger partial charge in [0.05, 0.1) is 5.56 Å². The molecule has 1 aliphatic carbocycles. The Balaban J connectivity index is 2.09. The van der Waals surface area contributed by atoms with Crippen LogP contribution in [-0.2, 0) is 0 Å². The molecule has 4 nitrogen and oxygen atoms in total. The van der Waals surface area contributed by atoms with Gasteiger partial charge < -0.3 is 16.0 Å². The van der Waals surface area contributed by atoms with Crippen molar-refractivity contribution in [1.82, 2.24) is 5.32 Å². The first-order chi connectivity index (χ1) is 8.58. The molecular weight excluding hydrogens is 226 g/mol. The average molecular weight is 247 g/mol. The molecule has 0 saturated heterocycles. The van der Waals surface area contributed by atoms with Gasteiger partial charge in [-0.3, -0.25) is 4.79 Å². The van der Waals surface area contributed by atoms with Crippen molar-refractivity contribution in [2.75, 3.05) is 31.3 Å². The number of rotatable bonds is 4. The predicted octanol–water partition coefficient (Wildman–Crippen LogP) is 1.86. The number of nitrogens with one attached hydrogen (secondary N) is 1. The number of nitrogen functional groups attached to an aromatic ring is 1. The predicted molar refractivity (Wildman–Crippen MR) is 74.9 cm³/mol. The zero-order valence-corrected chi connectivity index (χ0v) is 11.1. The molecule has 1 aromatic carbocycles. The number of nitrogens with two attached hydrogens (primary N) is 1. The number of hydrogen-bond donors (Lipinski definition) is 2. The Bertz CT molecular complexity index is 439. The van der Waals surface area contributed by atoms with Crippen molar-refractivity contribution in [1.29, 1.82) is 0 Å². The van der Waals surface area contributed by atoms with E-state index in [1.54, 1.807) is 6.07 Å². The van der Waals surface area contributed by atoms with Crippen LogP contribution in [-0.4, -0.2) is 26.5 Å². The SMILES string of the molecule is CN(C)c1ccc(N)cc1C(=O)NCC1CCC1. The minimum absolute atomic E-state index is 0.0297. The Labute approximate surface area is 108 Å². The summed E-state index contributed by atoms with van der Waals surface area (Å²) in [5.74, 6) is 0.635. The molecule has 0 spiro atoms. The molecule has 18 heavy (non-hydrogen) atoms. The summed E-state index contributed by atoms with van der Waals surface area (Å²) in [5.41, 5.74) is 7.93. The first-order valence-corrected chi connectivity index (χ1v) is 6.43. The fourth-order valence-electron chi connectivity index (χ4n) is 2.15. The van der Waals surface area contributed by atoms with E-state index in [0.717, 1.165) is 12.2 Å². The molecule has 0 atom stereocenters. The van der Waals surface area contributed by atoms with Crippen molar-refractivity contribution in [3.05, 3.63) is 23.8 Å². The summed E-state index contributed by atoms with van der Waals surface area (Å²) in [7, 11) is 3.85. The lowest BCUT2D eigenvalue weighted by Crippen LogP contribution is -2.33. The monoisotopic (exact) mass is 247 g/mol. The Morgan fingerprint density at radius 3 is 2.72 bits per heavy atom. The maximum atomic E-state index is 12.2. The number of amides is 1. The normalized spacial score (nSPS) is 15.0. The number of carbonyl (C=O) groups is 1. The van der Waals surface area contributed by atoms with Gasteiger partial charge in [-0.15, -0.1) is 0 Å². The first kappa shape index (κ1) is 12.7. The zero-order valence-electron chi connectivity index (χ0n) is 11.1. The highest BCUT2D eigenvalue weighted by Gasteiger charge is 2.19. The molecule has 2 rings (SSSR count). The van der Waals surface area contributed by atoms with Gasteiger partial charge in [-0.05, 0) is 37.0 Å². The molecule has 1 fully saturated rings. The molecule has 0 radical (unpaired) electrons. The third-order valence-corrected chi connectivity index (χ3v) is 3.52. The number of nitrogens with zero attached hydrogens (tertiary/aromatic N) is 1. The van der Waals surface area contributed by atoms with Gasteiger partial charge in [0.15, 0.2) is 0 Å². The van der Waals surface area contributed by atoms with E-state index >= 15 is 0 Å². The van der Waals surface area contributed by atoms with E-state index in [4.69, 9.17) is 5.73 Å². The van der Waals surface area contributed by atoms with Crippen molar-refractivity contribution >= 4 is 17.3 Å². The van der Waals surface area contributed by atoms with Gasteiger partial charge in [0.1, 0.15) is 0 Å². The Hall–Kier alpha value is -1.71. The maximum absolute atomic E-state index is 12.2. The Kier molecular flexibility index (Phi) is 3.75. The summed E-state index contributed by atoms with van der Waals surface area (Å²) in [5, 5.41) is 3.00. The second-order valence-electron chi connectivity index (χ2n) is 5.18. The number of benzene rings is 1. The van der Waals surface area contributed by atoms with Crippen molar-refractivity contribution in [2.45, 2.75) is 19.3 Å². The number of anilines is 2. The van der Waals surface area contributed by atoms with Crippen LogP contribution in [0.25, 0.3) is 0 Å². The molecule has 3 N–H and O–H groups in total. The van der Waals surface area contributed by atoms with Crippen molar-refractivity contribution in [3.63, 3.8) is 0 Å². The minimum Gasteiger partial charge on any atom is -0.399 e. The van der Waals surface area contributed by atoms with Crippen LogP contribution < -0.4 is 16.0 Å². The highest BCUT2D eigenvalue weighted by molar-refractivity contribution is 6.00. The minimum atomic E-state index is -0.0297. The largest absolute Gasteiger partial charge is 0.399 e. The van der Waals surface area contributed by atoms with Crippen LogP contribution >= 0.6 is 0 Å². The van der Waals surface area contributed by atoms with Gasteiger partial charge >= 0.3 is 0 Å². The lowest BCUT2D eigenvalue weighted by molar-refractivity contribution is 0.0939. The van der Waals surface area contributed by atoms with Gasteiger partial charge in [0.25, 0.3) is 5.91 Å². The van der Waals surface area contributed by atoms with Crippen LogP contribution in [0, 0.1) is 5.92 Å². The second kappa shape index (κ2) is 5.29. The molecule has 1 saturated carbocycles. The van der Waals surface area contributed by atoms with Gasteiger partial charge in [-0.25, -0.2) is 0 Å². The second-order valence-corrected chi connectivity index (χ2v) is 5.18. The molecule has 4 heteroatoms. The molecule has 0 bridgehead atoms.